The van der Waals surface area contributed by atoms with Crippen LogP contribution in [0.2, 0.25) is 0 Å². The first-order chi connectivity index (χ1) is 15.8. The lowest BCUT2D eigenvalue weighted by atomic mass is 10.0. The summed E-state index contributed by atoms with van der Waals surface area (Å²) in [6.07, 6.45) is -0.0742. The molecule has 0 saturated carbocycles. The maximum Gasteiger partial charge on any atom is 0.408 e. The van der Waals surface area contributed by atoms with E-state index in [2.05, 4.69) is 29.8 Å². The summed E-state index contributed by atoms with van der Waals surface area (Å²) in [5.74, 6) is 1.33. The number of ether oxygens (including phenoxy) is 2. The van der Waals surface area contributed by atoms with Gasteiger partial charge in [0.15, 0.2) is 0 Å². The highest BCUT2D eigenvalue weighted by molar-refractivity contribution is 5.85. The molecule has 2 amide bonds. The topological polar surface area (TPSA) is 88.7 Å². The Hall–Kier alpha value is -3.22. The first kappa shape index (κ1) is 26.0. The molecule has 0 radical (unpaired) electrons. The maximum absolute atomic E-state index is 12.6. The molecule has 0 aliphatic heterocycles. The summed E-state index contributed by atoms with van der Waals surface area (Å²) in [6, 6.07) is 16.5. The van der Waals surface area contributed by atoms with Crippen LogP contribution in [0.1, 0.15) is 39.7 Å². The molecule has 2 aromatic rings. The molecule has 0 saturated heterocycles. The number of hydrogen-bond donors (Lipinski definition) is 3. The van der Waals surface area contributed by atoms with Crippen LogP contribution in [-0.4, -0.2) is 37.7 Å². The monoisotopic (exact) mass is 455 g/mol. The van der Waals surface area contributed by atoms with E-state index in [0.717, 1.165) is 17.0 Å². The highest BCUT2D eigenvalue weighted by atomic mass is 16.5. The first-order valence-corrected chi connectivity index (χ1v) is 11.5. The Morgan fingerprint density at radius 2 is 1.58 bits per heavy atom. The van der Waals surface area contributed by atoms with Gasteiger partial charge in [-0.15, -0.1) is 0 Å². The minimum Gasteiger partial charge on any atom is -0.493 e. The molecule has 0 spiro atoms. The van der Waals surface area contributed by atoms with Crippen molar-refractivity contribution in [1.82, 2.24) is 10.6 Å². The summed E-state index contributed by atoms with van der Waals surface area (Å²) in [5.41, 5.74) is 1.84. The normalized spacial score (nSPS) is 11.7. The molecule has 1 atom stereocenters. The second-order valence-electron chi connectivity index (χ2n) is 8.84. The van der Waals surface area contributed by atoms with Crippen LogP contribution in [0.15, 0.2) is 54.6 Å². The quantitative estimate of drug-likeness (QED) is 0.385. The van der Waals surface area contributed by atoms with Gasteiger partial charge in [0, 0.05) is 18.8 Å². The largest absolute Gasteiger partial charge is 0.493 e. The summed E-state index contributed by atoms with van der Waals surface area (Å²) in [5, 5.41) is 8.85. The maximum atomic E-state index is 12.6. The Morgan fingerprint density at radius 3 is 2.21 bits per heavy atom. The third-order valence-electron chi connectivity index (χ3n) is 4.72. The molecular weight excluding hydrogens is 418 g/mol. The van der Waals surface area contributed by atoms with Gasteiger partial charge in [-0.2, -0.15) is 0 Å². The summed E-state index contributed by atoms with van der Waals surface area (Å²) in [7, 11) is 0. The second-order valence-corrected chi connectivity index (χ2v) is 8.84. The summed E-state index contributed by atoms with van der Waals surface area (Å²) in [4.78, 5) is 24.8. The zero-order chi connectivity index (χ0) is 24.1. The van der Waals surface area contributed by atoms with Gasteiger partial charge in [-0.05, 0) is 48.1 Å². The molecule has 0 bridgehead atoms. The van der Waals surface area contributed by atoms with E-state index in [4.69, 9.17) is 9.47 Å². The van der Waals surface area contributed by atoms with Crippen LogP contribution in [0.4, 0.5) is 10.5 Å². The van der Waals surface area contributed by atoms with Crippen molar-refractivity contribution >= 4 is 17.7 Å². The third-order valence-corrected chi connectivity index (χ3v) is 4.72. The molecular formula is C26H37N3O4. The van der Waals surface area contributed by atoms with E-state index in [9.17, 15) is 9.59 Å². The van der Waals surface area contributed by atoms with Gasteiger partial charge in [0.1, 0.15) is 18.4 Å². The van der Waals surface area contributed by atoms with Crippen molar-refractivity contribution in [1.29, 1.82) is 0 Å². The lowest BCUT2D eigenvalue weighted by Crippen LogP contribution is -2.48. The Kier molecular flexibility index (Phi) is 11.1. The highest BCUT2D eigenvalue weighted by Gasteiger charge is 2.22. The first-order valence-electron chi connectivity index (χ1n) is 11.5. The molecule has 2 aromatic carbocycles. The molecule has 0 fully saturated rings. The van der Waals surface area contributed by atoms with Crippen LogP contribution in [0.5, 0.6) is 5.75 Å². The molecule has 33 heavy (non-hydrogen) atoms. The van der Waals surface area contributed by atoms with Crippen molar-refractivity contribution in [3.8, 4) is 5.75 Å². The number of hydrogen-bond acceptors (Lipinski definition) is 5. The van der Waals surface area contributed by atoms with E-state index in [-0.39, 0.29) is 18.4 Å². The Balaban J connectivity index is 1.74. The number of carbonyl (C=O) groups excluding carboxylic acids is 2. The van der Waals surface area contributed by atoms with Crippen molar-refractivity contribution in [2.24, 2.45) is 11.8 Å². The molecule has 0 unspecified atom stereocenters. The van der Waals surface area contributed by atoms with Gasteiger partial charge >= 0.3 is 6.09 Å². The van der Waals surface area contributed by atoms with Crippen molar-refractivity contribution < 1.29 is 19.1 Å². The van der Waals surface area contributed by atoms with Crippen molar-refractivity contribution in [3.05, 3.63) is 60.2 Å². The van der Waals surface area contributed by atoms with Crippen LogP contribution in [-0.2, 0) is 16.1 Å². The number of anilines is 1. The number of carbonyl (C=O) groups is 2. The molecule has 0 aliphatic carbocycles. The number of rotatable bonds is 13. The predicted octanol–water partition coefficient (Wildman–Crippen LogP) is 4.59. The molecule has 0 aliphatic rings. The van der Waals surface area contributed by atoms with Crippen molar-refractivity contribution in [3.63, 3.8) is 0 Å². The van der Waals surface area contributed by atoms with Crippen LogP contribution in [0.25, 0.3) is 0 Å². The standard InChI is InChI=1S/C26H37N3O4/c1-19(2)16-24(29-26(31)33-18-21-8-6-5-7-9-21)25(30)28-15-14-27-22-10-12-23(13-11-22)32-17-20(3)4/h5-13,19-20,24,27H,14-18H2,1-4H3,(H,28,30)(H,29,31)/t24-/m0/s1. The van der Waals surface area contributed by atoms with Gasteiger partial charge in [-0.3, -0.25) is 4.79 Å². The van der Waals surface area contributed by atoms with Gasteiger partial charge in [0.05, 0.1) is 6.61 Å². The average Bonchev–Trinajstić information content (AvgIpc) is 2.79. The lowest BCUT2D eigenvalue weighted by Gasteiger charge is -2.20. The van der Waals surface area contributed by atoms with E-state index in [1.165, 1.54) is 0 Å². The number of amides is 2. The van der Waals surface area contributed by atoms with Gasteiger partial charge < -0.3 is 25.4 Å². The number of benzene rings is 2. The fraction of sp³-hybridized carbons (Fsp3) is 0.462. The molecule has 7 heteroatoms. The zero-order valence-corrected chi connectivity index (χ0v) is 20.1. The summed E-state index contributed by atoms with van der Waals surface area (Å²) in [6.45, 7) is 10.1. The van der Waals surface area contributed by atoms with Crippen molar-refractivity contribution in [2.75, 3.05) is 25.0 Å². The molecule has 0 heterocycles. The van der Waals surface area contributed by atoms with Crippen LogP contribution in [0, 0.1) is 11.8 Å². The smallest absolute Gasteiger partial charge is 0.408 e. The van der Waals surface area contributed by atoms with E-state index in [0.29, 0.717) is 32.0 Å². The minimum absolute atomic E-state index is 0.161. The van der Waals surface area contributed by atoms with Crippen molar-refractivity contribution in [2.45, 2.75) is 46.8 Å². The number of alkyl carbamates (subject to hydrolysis) is 1. The van der Waals surface area contributed by atoms with Gasteiger partial charge in [0.25, 0.3) is 0 Å². The molecule has 0 aromatic heterocycles. The van der Waals surface area contributed by atoms with E-state index < -0.39 is 12.1 Å². The SMILES string of the molecule is CC(C)COc1ccc(NCCNC(=O)[C@H](CC(C)C)NC(=O)OCc2ccccc2)cc1. The number of nitrogens with one attached hydrogen (secondary N) is 3. The predicted molar refractivity (Wildman–Crippen MR) is 131 cm³/mol. The van der Waals surface area contributed by atoms with Crippen LogP contribution < -0.4 is 20.7 Å². The van der Waals surface area contributed by atoms with Gasteiger partial charge in [-0.1, -0.05) is 58.0 Å². The Labute approximate surface area is 197 Å². The Morgan fingerprint density at radius 1 is 0.879 bits per heavy atom. The molecule has 180 valence electrons. The highest BCUT2D eigenvalue weighted by Crippen LogP contribution is 2.16. The van der Waals surface area contributed by atoms with E-state index in [1.54, 1.807) is 0 Å². The fourth-order valence-corrected chi connectivity index (χ4v) is 3.06. The molecule has 7 nitrogen and oxygen atoms in total. The molecule has 3 N–H and O–H groups in total. The van der Waals surface area contributed by atoms with Gasteiger partial charge in [0.2, 0.25) is 5.91 Å². The Bertz CT molecular complexity index is 838. The summed E-state index contributed by atoms with van der Waals surface area (Å²) < 4.78 is 10.9. The van der Waals surface area contributed by atoms with Gasteiger partial charge in [-0.25, -0.2) is 4.79 Å². The fourth-order valence-electron chi connectivity index (χ4n) is 3.06. The average molecular weight is 456 g/mol. The van der Waals surface area contributed by atoms with E-state index >= 15 is 0 Å². The minimum atomic E-state index is -0.648. The van der Waals surface area contributed by atoms with Crippen LogP contribution in [0.3, 0.4) is 0 Å². The summed E-state index contributed by atoms with van der Waals surface area (Å²) >= 11 is 0. The zero-order valence-electron chi connectivity index (χ0n) is 20.1. The lowest BCUT2D eigenvalue weighted by molar-refractivity contribution is -0.123. The van der Waals surface area contributed by atoms with Crippen LogP contribution >= 0.6 is 0 Å². The third kappa shape index (κ3) is 10.8. The molecule has 2 rings (SSSR count). The van der Waals surface area contributed by atoms with E-state index in [1.807, 2.05) is 68.4 Å². The second kappa shape index (κ2) is 14.0.